The Morgan fingerprint density at radius 3 is 2.41 bits per heavy atom. The molecule has 4 rings (SSSR count). The second kappa shape index (κ2) is 9.43. The van der Waals surface area contributed by atoms with E-state index in [1.54, 1.807) is 31.2 Å². The summed E-state index contributed by atoms with van der Waals surface area (Å²) < 4.78 is 17.3. The van der Waals surface area contributed by atoms with E-state index < -0.39 is 23.5 Å². The van der Waals surface area contributed by atoms with Gasteiger partial charge in [-0.05, 0) is 78.6 Å². The van der Waals surface area contributed by atoms with Gasteiger partial charge >= 0.3 is 5.97 Å². The van der Waals surface area contributed by atoms with E-state index >= 15 is 0 Å². The first kappa shape index (κ1) is 27.1. The van der Waals surface area contributed by atoms with E-state index in [1.807, 2.05) is 6.92 Å². The minimum absolute atomic E-state index is 0.0207. The van der Waals surface area contributed by atoms with Crippen molar-refractivity contribution < 1.29 is 23.8 Å². The summed E-state index contributed by atoms with van der Waals surface area (Å²) >= 11 is 5.64. The van der Waals surface area contributed by atoms with Crippen LogP contribution in [0, 0.1) is 0 Å². The van der Waals surface area contributed by atoms with Crippen LogP contribution in [-0.4, -0.2) is 41.7 Å². The molecule has 1 fully saturated rings. The fraction of sp³-hybridized carbons (Fsp3) is 0.500. The maximum atomic E-state index is 13.9. The average Bonchev–Trinajstić information content (AvgIpc) is 3.30. The fourth-order valence-corrected chi connectivity index (χ4v) is 5.90. The Kier molecular flexibility index (Phi) is 6.91. The van der Waals surface area contributed by atoms with Crippen molar-refractivity contribution in [2.24, 2.45) is 0 Å². The lowest BCUT2D eigenvalue weighted by Crippen LogP contribution is -2.51. The number of hydrogen-bond donors (Lipinski definition) is 0. The number of amides is 1. The third kappa shape index (κ3) is 4.52. The predicted octanol–water partition coefficient (Wildman–Crippen LogP) is 5.82. The molecule has 2 unspecified atom stereocenters. The summed E-state index contributed by atoms with van der Waals surface area (Å²) in [6.07, 6.45) is 1.83. The van der Waals surface area contributed by atoms with Gasteiger partial charge in [0.15, 0.2) is 11.6 Å². The molecule has 2 atom stereocenters. The van der Waals surface area contributed by atoms with Crippen molar-refractivity contribution in [3.63, 3.8) is 0 Å². The van der Waals surface area contributed by atoms with E-state index in [0.29, 0.717) is 11.3 Å². The Bertz CT molecular complexity index is 1260. The first-order valence-corrected chi connectivity index (χ1v) is 13.2. The van der Waals surface area contributed by atoms with Gasteiger partial charge in [-0.15, -0.1) is 0 Å². The minimum atomic E-state index is -1.23. The fourth-order valence-electron chi connectivity index (χ4n) is 5.54. The van der Waals surface area contributed by atoms with E-state index in [1.165, 1.54) is 17.6 Å². The minimum Gasteiger partial charge on any atom is -0.496 e. The molecule has 0 radical (unpaired) electrons. The lowest BCUT2D eigenvalue weighted by atomic mass is 9.76. The number of hydrogen-bond acceptors (Lipinski definition) is 6. The highest BCUT2D eigenvalue weighted by atomic mass is 32.1. The molecular formula is C30H37NO5S. The lowest BCUT2D eigenvalue weighted by molar-refractivity contribution is -0.151. The van der Waals surface area contributed by atoms with Crippen molar-refractivity contribution in [3.8, 4) is 5.75 Å². The monoisotopic (exact) mass is 523 g/mol. The van der Waals surface area contributed by atoms with Gasteiger partial charge in [0.1, 0.15) is 5.75 Å². The van der Waals surface area contributed by atoms with Crippen LogP contribution >= 0.6 is 12.2 Å². The van der Waals surface area contributed by atoms with Gasteiger partial charge in [-0.2, -0.15) is 0 Å². The summed E-state index contributed by atoms with van der Waals surface area (Å²) in [4.78, 5) is 28.8. The summed E-state index contributed by atoms with van der Waals surface area (Å²) in [5.41, 5.74) is 3.35. The van der Waals surface area contributed by atoms with Crippen LogP contribution in [-0.2, 0) is 37.1 Å². The molecule has 1 aliphatic heterocycles. The van der Waals surface area contributed by atoms with E-state index in [9.17, 15) is 9.59 Å². The van der Waals surface area contributed by atoms with E-state index in [4.69, 9.17) is 26.4 Å². The van der Waals surface area contributed by atoms with Gasteiger partial charge in [0.05, 0.1) is 19.3 Å². The van der Waals surface area contributed by atoms with Crippen LogP contribution in [0.1, 0.15) is 87.5 Å². The molecular weight excluding hydrogens is 486 g/mol. The predicted molar refractivity (Wildman–Crippen MR) is 147 cm³/mol. The maximum Gasteiger partial charge on any atom is 0.333 e. The molecule has 2 aromatic rings. The number of fused-ring (bicyclic) bond motifs is 1. The zero-order chi connectivity index (χ0) is 27.3. The quantitative estimate of drug-likeness (QED) is 0.363. The summed E-state index contributed by atoms with van der Waals surface area (Å²) in [7, 11) is 1.50. The SMILES string of the molecule is CCOC(=O)C1N(C(=O)c2ccccc2OC)C(=S)OC1(C)c1cc(C(C)(C)C)cc2c1CCC2(C)C. The molecule has 37 heavy (non-hydrogen) atoms. The molecule has 2 aromatic carbocycles. The third-order valence-corrected chi connectivity index (χ3v) is 8.00. The van der Waals surface area contributed by atoms with Crippen molar-refractivity contribution in [3.05, 3.63) is 64.2 Å². The zero-order valence-electron chi connectivity index (χ0n) is 23.1. The number of esters is 1. The number of carbonyl (C=O) groups is 2. The number of para-hydroxylation sites is 1. The molecule has 1 amide bonds. The standard InChI is InChI=1S/C30H37NO5S/c1-9-35-26(33)24-30(7,36-27(37)31(24)25(32)20-12-10-11-13-23(20)34-8)22-17-18(28(2,3)4)16-21-19(22)14-15-29(21,5)6/h10-13,16-17,24H,9,14-15H2,1-8H3. The molecule has 1 heterocycles. The number of carbonyl (C=O) groups excluding carboxylic acids is 2. The van der Waals surface area contributed by atoms with Crippen LogP contribution < -0.4 is 4.74 Å². The Hall–Kier alpha value is -2.93. The van der Waals surface area contributed by atoms with Gasteiger partial charge in [-0.1, -0.05) is 58.9 Å². The number of thiocarbonyl (C=S) groups is 1. The molecule has 0 N–H and O–H groups in total. The van der Waals surface area contributed by atoms with Gasteiger partial charge in [-0.3, -0.25) is 4.79 Å². The Morgan fingerprint density at radius 1 is 1.14 bits per heavy atom. The zero-order valence-corrected chi connectivity index (χ0v) is 23.9. The van der Waals surface area contributed by atoms with Crippen LogP contribution in [0.3, 0.4) is 0 Å². The Morgan fingerprint density at radius 2 is 1.78 bits per heavy atom. The molecule has 0 saturated carbocycles. The van der Waals surface area contributed by atoms with Gasteiger partial charge < -0.3 is 14.2 Å². The highest BCUT2D eigenvalue weighted by molar-refractivity contribution is 7.80. The molecule has 0 spiro atoms. The summed E-state index contributed by atoms with van der Waals surface area (Å²) in [5.74, 6) is -0.627. The smallest absolute Gasteiger partial charge is 0.333 e. The normalized spacial score (nSPS) is 22.4. The second-order valence-electron chi connectivity index (χ2n) is 11.7. The molecule has 198 valence electrons. The van der Waals surface area contributed by atoms with E-state index in [2.05, 4.69) is 46.8 Å². The maximum absolute atomic E-state index is 13.9. The van der Waals surface area contributed by atoms with Crippen LogP contribution in [0.4, 0.5) is 0 Å². The third-order valence-electron chi connectivity index (χ3n) is 7.72. The first-order valence-electron chi connectivity index (χ1n) is 12.8. The molecule has 6 nitrogen and oxygen atoms in total. The van der Waals surface area contributed by atoms with Gasteiger partial charge in [-0.25, -0.2) is 9.69 Å². The van der Waals surface area contributed by atoms with Crippen LogP contribution in [0.2, 0.25) is 0 Å². The number of ether oxygens (including phenoxy) is 3. The van der Waals surface area contributed by atoms with Gasteiger partial charge in [0, 0.05) is 5.56 Å². The van der Waals surface area contributed by atoms with Crippen molar-refractivity contribution in [1.29, 1.82) is 0 Å². The molecule has 1 saturated heterocycles. The van der Waals surface area contributed by atoms with Crippen molar-refractivity contribution in [2.45, 2.75) is 83.8 Å². The largest absolute Gasteiger partial charge is 0.496 e. The summed E-state index contributed by atoms with van der Waals surface area (Å²) in [6.45, 7) is 14.8. The first-order chi connectivity index (χ1) is 17.3. The average molecular weight is 524 g/mol. The molecule has 0 aromatic heterocycles. The van der Waals surface area contributed by atoms with Gasteiger partial charge in [0.2, 0.25) is 0 Å². The molecule has 0 bridgehead atoms. The molecule has 7 heteroatoms. The number of rotatable bonds is 5. The van der Waals surface area contributed by atoms with Crippen molar-refractivity contribution in [1.82, 2.24) is 4.90 Å². The van der Waals surface area contributed by atoms with Crippen LogP contribution in [0.5, 0.6) is 5.75 Å². The number of benzene rings is 2. The summed E-state index contributed by atoms with van der Waals surface area (Å²) in [6, 6.07) is 10.2. The highest BCUT2D eigenvalue weighted by Gasteiger charge is 2.59. The lowest BCUT2D eigenvalue weighted by Gasteiger charge is -2.34. The second-order valence-corrected chi connectivity index (χ2v) is 12.0. The molecule has 1 aliphatic carbocycles. The van der Waals surface area contributed by atoms with Crippen LogP contribution in [0.25, 0.3) is 0 Å². The van der Waals surface area contributed by atoms with Gasteiger partial charge in [0.25, 0.3) is 11.1 Å². The Balaban J connectivity index is 1.94. The highest BCUT2D eigenvalue weighted by Crippen LogP contribution is 2.49. The Labute approximate surface area is 225 Å². The van der Waals surface area contributed by atoms with E-state index in [0.717, 1.165) is 29.5 Å². The number of methoxy groups -OCH3 is 1. The topological polar surface area (TPSA) is 65.1 Å². The van der Waals surface area contributed by atoms with Crippen molar-refractivity contribution >= 4 is 29.3 Å². The summed E-state index contributed by atoms with van der Waals surface area (Å²) in [5, 5.41) is -0.0522. The number of nitrogens with zero attached hydrogens (tertiary/aromatic N) is 1. The van der Waals surface area contributed by atoms with Crippen LogP contribution in [0.15, 0.2) is 36.4 Å². The molecule has 2 aliphatic rings. The van der Waals surface area contributed by atoms with Crippen molar-refractivity contribution in [2.75, 3.05) is 13.7 Å². The van der Waals surface area contributed by atoms with E-state index in [-0.39, 0.29) is 22.6 Å².